The van der Waals surface area contributed by atoms with Crippen molar-refractivity contribution in [3.63, 3.8) is 0 Å². The van der Waals surface area contributed by atoms with Gasteiger partial charge in [0.05, 0.1) is 5.56 Å². The van der Waals surface area contributed by atoms with E-state index >= 15 is 0 Å². The van der Waals surface area contributed by atoms with Gasteiger partial charge in [0.1, 0.15) is 5.82 Å². The number of carbonyl (C=O) groups excluding carboxylic acids is 1. The number of nitrogens with zero attached hydrogens (tertiary/aromatic N) is 1. The molecule has 0 saturated carbocycles. The van der Waals surface area contributed by atoms with Crippen LogP contribution in [-0.2, 0) is 0 Å². The lowest BCUT2D eigenvalue weighted by Crippen LogP contribution is -2.39. The van der Waals surface area contributed by atoms with E-state index < -0.39 is 0 Å². The number of aryl methyl sites for hydroxylation is 1. The third kappa shape index (κ3) is 1.72. The highest BCUT2D eigenvalue weighted by Crippen LogP contribution is 2.29. The Kier molecular flexibility index (Phi) is 2.82. The van der Waals surface area contributed by atoms with Gasteiger partial charge < -0.3 is 10.2 Å². The van der Waals surface area contributed by atoms with Gasteiger partial charge in [0.15, 0.2) is 0 Å². The van der Waals surface area contributed by atoms with Gasteiger partial charge in [0.2, 0.25) is 0 Å². The van der Waals surface area contributed by atoms with E-state index in [0.29, 0.717) is 11.5 Å². The number of nitrogens with one attached hydrogen (secondary N) is 1. The zero-order valence-electron chi connectivity index (χ0n) is 10.4. The van der Waals surface area contributed by atoms with Crippen LogP contribution in [0.3, 0.4) is 0 Å². The molecular weight excluding hydrogens is 231 g/mol. The smallest absolute Gasteiger partial charge is 0.257 e. The summed E-state index contributed by atoms with van der Waals surface area (Å²) >= 11 is 0. The fraction of sp³-hybridized carbons (Fsp3) is 0.500. The van der Waals surface area contributed by atoms with Crippen LogP contribution < -0.4 is 5.32 Å². The monoisotopic (exact) mass is 248 g/mol. The fourth-order valence-electron chi connectivity index (χ4n) is 3.07. The summed E-state index contributed by atoms with van der Waals surface area (Å²) in [6.45, 7) is 4.26. The average Bonchev–Trinajstić information content (AvgIpc) is 2.94. The third-order valence-electron chi connectivity index (χ3n) is 4.13. The molecule has 2 aliphatic rings. The summed E-state index contributed by atoms with van der Waals surface area (Å²) < 4.78 is 14.0. The largest absolute Gasteiger partial charge is 0.334 e. The summed E-state index contributed by atoms with van der Waals surface area (Å²) in [6.07, 6.45) is 1.02. The van der Waals surface area contributed by atoms with E-state index in [2.05, 4.69) is 5.32 Å². The Morgan fingerprint density at radius 3 is 3.11 bits per heavy atom. The summed E-state index contributed by atoms with van der Waals surface area (Å²) in [7, 11) is 0. The number of carbonyl (C=O) groups is 1. The molecule has 3 rings (SSSR count). The van der Waals surface area contributed by atoms with Crippen LogP contribution in [0.2, 0.25) is 0 Å². The van der Waals surface area contributed by atoms with Gasteiger partial charge in [-0.2, -0.15) is 0 Å². The molecule has 1 amide bonds. The number of fused-ring (bicyclic) bond motifs is 1. The molecule has 18 heavy (non-hydrogen) atoms. The number of amides is 1. The zero-order chi connectivity index (χ0) is 12.7. The molecule has 0 bridgehead atoms. The van der Waals surface area contributed by atoms with Crippen LogP contribution in [0.25, 0.3) is 0 Å². The lowest BCUT2D eigenvalue weighted by atomic mass is 10.0. The highest BCUT2D eigenvalue weighted by Gasteiger charge is 2.40. The first-order valence-corrected chi connectivity index (χ1v) is 6.45. The molecule has 2 heterocycles. The number of likely N-dealkylation sites (tertiary alicyclic amines) is 1. The maximum atomic E-state index is 14.0. The Hall–Kier alpha value is -1.42. The van der Waals surface area contributed by atoms with E-state index in [4.69, 9.17) is 0 Å². The number of halogens is 1. The first kappa shape index (κ1) is 11.7. The van der Waals surface area contributed by atoms with Crippen molar-refractivity contribution < 1.29 is 9.18 Å². The van der Waals surface area contributed by atoms with Crippen molar-refractivity contribution in [2.24, 2.45) is 5.92 Å². The molecule has 0 aliphatic carbocycles. The molecule has 2 saturated heterocycles. The number of hydrogen-bond donors (Lipinski definition) is 1. The summed E-state index contributed by atoms with van der Waals surface area (Å²) in [6, 6.07) is 5.26. The maximum absolute atomic E-state index is 14.0. The standard InChI is InChI=1S/C14H17FN2O/c1-9-3-2-4-11(13(9)15)14(18)17-6-5-10-7-16-8-12(10)17/h2-4,10,12,16H,5-8H2,1H3/t10-,12+/m0/s1. The molecule has 1 aromatic carbocycles. The molecule has 2 aliphatic heterocycles. The van der Waals surface area contributed by atoms with E-state index in [1.807, 2.05) is 4.90 Å². The molecule has 0 aromatic heterocycles. The minimum atomic E-state index is -0.378. The van der Waals surface area contributed by atoms with E-state index in [1.54, 1.807) is 25.1 Å². The molecule has 0 spiro atoms. The number of benzene rings is 1. The molecule has 1 N–H and O–H groups in total. The van der Waals surface area contributed by atoms with Crippen LogP contribution in [-0.4, -0.2) is 36.5 Å². The second-order valence-electron chi connectivity index (χ2n) is 5.21. The Balaban J connectivity index is 1.88. The SMILES string of the molecule is Cc1cccc(C(=O)N2CC[C@H]3CNC[C@H]32)c1F. The second-order valence-corrected chi connectivity index (χ2v) is 5.21. The Morgan fingerprint density at radius 1 is 1.44 bits per heavy atom. The van der Waals surface area contributed by atoms with Crippen molar-refractivity contribution in [1.29, 1.82) is 0 Å². The molecule has 96 valence electrons. The molecule has 2 fully saturated rings. The average molecular weight is 248 g/mol. The Bertz CT molecular complexity index is 489. The predicted octanol–water partition coefficient (Wildman–Crippen LogP) is 1.57. The number of rotatable bonds is 1. The summed E-state index contributed by atoms with van der Waals surface area (Å²) in [5.74, 6) is 0.00567. The van der Waals surface area contributed by atoms with E-state index in [-0.39, 0.29) is 23.3 Å². The summed E-state index contributed by atoms with van der Waals surface area (Å²) in [5.41, 5.74) is 0.740. The van der Waals surface area contributed by atoms with Gasteiger partial charge in [-0.1, -0.05) is 12.1 Å². The van der Waals surface area contributed by atoms with Crippen LogP contribution in [0.1, 0.15) is 22.3 Å². The lowest BCUT2D eigenvalue weighted by molar-refractivity contribution is 0.0732. The van der Waals surface area contributed by atoms with Gasteiger partial charge in [0.25, 0.3) is 5.91 Å². The first-order chi connectivity index (χ1) is 8.68. The third-order valence-corrected chi connectivity index (χ3v) is 4.13. The van der Waals surface area contributed by atoms with Crippen molar-refractivity contribution in [3.8, 4) is 0 Å². The molecule has 4 heteroatoms. The molecule has 1 aromatic rings. The minimum absolute atomic E-state index is 0.160. The van der Waals surface area contributed by atoms with Gasteiger partial charge in [0, 0.05) is 25.7 Å². The predicted molar refractivity (Wildman–Crippen MR) is 66.9 cm³/mol. The highest BCUT2D eigenvalue weighted by molar-refractivity contribution is 5.95. The van der Waals surface area contributed by atoms with E-state index in [9.17, 15) is 9.18 Å². The fourth-order valence-corrected chi connectivity index (χ4v) is 3.07. The van der Waals surface area contributed by atoms with Gasteiger partial charge in [-0.15, -0.1) is 0 Å². The molecule has 0 radical (unpaired) electrons. The van der Waals surface area contributed by atoms with Crippen LogP contribution in [0.4, 0.5) is 4.39 Å². The van der Waals surface area contributed by atoms with Crippen LogP contribution in [0.15, 0.2) is 18.2 Å². The topological polar surface area (TPSA) is 32.3 Å². The van der Waals surface area contributed by atoms with Crippen molar-refractivity contribution in [2.45, 2.75) is 19.4 Å². The Labute approximate surface area is 106 Å². The van der Waals surface area contributed by atoms with Gasteiger partial charge in [-0.3, -0.25) is 4.79 Å². The summed E-state index contributed by atoms with van der Waals surface area (Å²) in [4.78, 5) is 14.3. The van der Waals surface area contributed by atoms with Crippen LogP contribution >= 0.6 is 0 Å². The first-order valence-electron chi connectivity index (χ1n) is 6.45. The van der Waals surface area contributed by atoms with Crippen LogP contribution in [0, 0.1) is 18.7 Å². The van der Waals surface area contributed by atoms with E-state index in [0.717, 1.165) is 26.1 Å². The van der Waals surface area contributed by atoms with Crippen molar-refractivity contribution in [2.75, 3.05) is 19.6 Å². The van der Waals surface area contributed by atoms with Crippen molar-refractivity contribution >= 4 is 5.91 Å². The number of hydrogen-bond acceptors (Lipinski definition) is 2. The molecule has 0 unspecified atom stereocenters. The second kappa shape index (κ2) is 4.35. The highest BCUT2D eigenvalue weighted by atomic mass is 19.1. The maximum Gasteiger partial charge on any atom is 0.257 e. The molecule has 3 nitrogen and oxygen atoms in total. The Morgan fingerprint density at radius 2 is 2.28 bits per heavy atom. The minimum Gasteiger partial charge on any atom is -0.334 e. The van der Waals surface area contributed by atoms with Gasteiger partial charge in [-0.05, 0) is 30.9 Å². The normalized spacial score (nSPS) is 26.4. The lowest BCUT2D eigenvalue weighted by Gasteiger charge is -2.23. The van der Waals surface area contributed by atoms with Crippen molar-refractivity contribution in [1.82, 2.24) is 10.2 Å². The van der Waals surface area contributed by atoms with E-state index in [1.165, 1.54) is 0 Å². The van der Waals surface area contributed by atoms with Gasteiger partial charge in [-0.25, -0.2) is 4.39 Å². The quantitative estimate of drug-likeness (QED) is 0.818. The molecule has 2 atom stereocenters. The van der Waals surface area contributed by atoms with Crippen LogP contribution in [0.5, 0.6) is 0 Å². The molecular formula is C14H17FN2O. The summed E-state index contributed by atoms with van der Waals surface area (Å²) in [5, 5.41) is 3.30. The zero-order valence-corrected chi connectivity index (χ0v) is 10.4. The van der Waals surface area contributed by atoms with Crippen molar-refractivity contribution in [3.05, 3.63) is 35.1 Å². The van der Waals surface area contributed by atoms with Gasteiger partial charge >= 0.3 is 0 Å².